The Balaban J connectivity index is 1.89. The second kappa shape index (κ2) is 8.97. The van der Waals surface area contributed by atoms with Gasteiger partial charge in [0.25, 0.3) is 0 Å². The highest BCUT2D eigenvalue weighted by Gasteiger charge is 2.43. The monoisotopic (exact) mass is 351 g/mol. The molecule has 1 aliphatic rings. The van der Waals surface area contributed by atoms with Crippen LogP contribution in [0.1, 0.15) is 57.4 Å². The third-order valence-corrected chi connectivity index (χ3v) is 4.83. The Morgan fingerprint density at radius 2 is 1.88 bits per heavy atom. The Bertz CT molecular complexity index is 573. The molecular weight excluding hydrogens is 326 g/mol. The first-order valence-corrected chi connectivity index (χ1v) is 8.96. The first kappa shape index (κ1) is 19.4. The van der Waals surface area contributed by atoms with Crippen molar-refractivity contribution < 1.29 is 23.4 Å². The quantitative estimate of drug-likeness (QED) is 0.652. The molecule has 1 aliphatic carbocycles. The van der Waals surface area contributed by atoms with E-state index in [1.54, 1.807) is 0 Å². The molecule has 1 aromatic rings. The number of unbranched alkanes of at least 4 members (excludes halogenated alkanes) is 1. The SMILES string of the molecule is CCCCC1CCC(C(F)(F)Oc2ccc(C=CC(=O)[O-])cc2)CC1. The number of halogens is 2. The maximum Gasteiger partial charge on any atom is 0.400 e. The van der Waals surface area contributed by atoms with Crippen molar-refractivity contribution in [3.8, 4) is 5.75 Å². The van der Waals surface area contributed by atoms with Crippen LogP contribution in [0.4, 0.5) is 8.78 Å². The van der Waals surface area contributed by atoms with Crippen molar-refractivity contribution in [2.75, 3.05) is 0 Å². The highest BCUT2D eigenvalue weighted by atomic mass is 19.3. The zero-order valence-electron chi connectivity index (χ0n) is 14.5. The van der Waals surface area contributed by atoms with Crippen molar-refractivity contribution >= 4 is 12.0 Å². The zero-order valence-corrected chi connectivity index (χ0v) is 14.5. The second-order valence-corrected chi connectivity index (χ2v) is 6.75. The molecule has 0 bridgehead atoms. The van der Waals surface area contributed by atoms with Crippen LogP contribution in [0.5, 0.6) is 5.75 Å². The van der Waals surface area contributed by atoms with Gasteiger partial charge in [0.05, 0.1) is 11.9 Å². The number of aliphatic carboxylic acids is 1. The van der Waals surface area contributed by atoms with Crippen LogP contribution in [0.3, 0.4) is 0 Å². The highest BCUT2D eigenvalue weighted by Crippen LogP contribution is 2.41. The van der Waals surface area contributed by atoms with Crippen LogP contribution in [0, 0.1) is 11.8 Å². The van der Waals surface area contributed by atoms with E-state index in [0.29, 0.717) is 24.3 Å². The van der Waals surface area contributed by atoms with Crippen LogP contribution >= 0.6 is 0 Å². The number of ether oxygens (including phenoxy) is 1. The molecule has 0 amide bonds. The summed E-state index contributed by atoms with van der Waals surface area (Å²) in [5.41, 5.74) is 0.580. The van der Waals surface area contributed by atoms with Gasteiger partial charge in [0.15, 0.2) is 0 Å². The largest absolute Gasteiger partial charge is 0.545 e. The first-order chi connectivity index (χ1) is 11.9. The molecule has 1 aromatic carbocycles. The van der Waals surface area contributed by atoms with E-state index in [2.05, 4.69) is 6.92 Å². The third kappa shape index (κ3) is 6.15. The van der Waals surface area contributed by atoms with E-state index in [4.69, 9.17) is 4.74 Å². The Morgan fingerprint density at radius 3 is 2.44 bits per heavy atom. The van der Waals surface area contributed by atoms with Gasteiger partial charge in [-0.15, -0.1) is 0 Å². The molecule has 3 nitrogen and oxygen atoms in total. The lowest BCUT2D eigenvalue weighted by Gasteiger charge is -2.33. The van der Waals surface area contributed by atoms with Crippen molar-refractivity contribution in [1.82, 2.24) is 0 Å². The predicted octanol–water partition coefficient (Wildman–Crippen LogP) is 4.42. The summed E-state index contributed by atoms with van der Waals surface area (Å²) in [7, 11) is 0. The molecule has 0 spiro atoms. The molecular formula is C20H25F2O3-. The van der Waals surface area contributed by atoms with E-state index < -0.39 is 18.0 Å². The minimum atomic E-state index is -3.18. The number of benzene rings is 1. The van der Waals surface area contributed by atoms with Crippen LogP contribution < -0.4 is 9.84 Å². The van der Waals surface area contributed by atoms with Crippen molar-refractivity contribution in [3.63, 3.8) is 0 Å². The Kier molecular flexibility index (Phi) is 6.97. The van der Waals surface area contributed by atoms with Crippen LogP contribution in [-0.4, -0.2) is 12.1 Å². The molecule has 5 heteroatoms. The van der Waals surface area contributed by atoms with E-state index in [1.807, 2.05) is 0 Å². The number of carboxylic acids is 1. The molecule has 0 unspecified atom stereocenters. The summed E-state index contributed by atoms with van der Waals surface area (Å²) in [5.74, 6) is -1.39. The lowest BCUT2D eigenvalue weighted by Crippen LogP contribution is -2.37. The standard InChI is InChI=1S/C20H26F2O3/c1-2-3-4-15-5-10-17(11-6-15)20(21,22)25-18-12-7-16(8-13-18)9-14-19(23)24/h7-9,12-15,17H,2-6,10-11H2,1H3,(H,23,24)/p-1. The van der Waals surface area contributed by atoms with Crippen molar-refractivity contribution in [2.45, 2.75) is 58.0 Å². The molecule has 1 fully saturated rings. The van der Waals surface area contributed by atoms with Gasteiger partial charge < -0.3 is 14.6 Å². The summed E-state index contributed by atoms with van der Waals surface area (Å²) in [6.07, 6.45) is 5.17. The number of carbonyl (C=O) groups excluding carboxylic acids is 1. The predicted molar refractivity (Wildman–Crippen MR) is 91.0 cm³/mol. The van der Waals surface area contributed by atoms with Gasteiger partial charge in [-0.1, -0.05) is 44.4 Å². The van der Waals surface area contributed by atoms with Gasteiger partial charge in [0, 0.05) is 0 Å². The Labute approximate surface area is 147 Å². The van der Waals surface area contributed by atoms with Gasteiger partial charge >= 0.3 is 6.11 Å². The first-order valence-electron chi connectivity index (χ1n) is 8.96. The van der Waals surface area contributed by atoms with Crippen molar-refractivity contribution in [2.24, 2.45) is 11.8 Å². The Hall–Kier alpha value is -1.91. The molecule has 1 saturated carbocycles. The van der Waals surface area contributed by atoms with Crippen molar-refractivity contribution in [3.05, 3.63) is 35.9 Å². The minimum absolute atomic E-state index is 0.0868. The molecule has 0 aromatic heterocycles. The summed E-state index contributed by atoms with van der Waals surface area (Å²) >= 11 is 0. The smallest absolute Gasteiger partial charge is 0.400 e. The van der Waals surface area contributed by atoms with Crippen molar-refractivity contribution in [1.29, 1.82) is 0 Å². The topological polar surface area (TPSA) is 49.4 Å². The molecule has 2 rings (SSSR count). The normalized spacial score (nSPS) is 21.4. The number of carbonyl (C=O) groups is 1. The fourth-order valence-electron chi connectivity index (χ4n) is 3.33. The van der Waals surface area contributed by atoms with Gasteiger partial charge in [-0.05, 0) is 55.4 Å². The average Bonchev–Trinajstić information content (AvgIpc) is 2.59. The van der Waals surface area contributed by atoms with Gasteiger partial charge in [-0.2, -0.15) is 8.78 Å². The minimum Gasteiger partial charge on any atom is -0.545 e. The van der Waals surface area contributed by atoms with Crippen LogP contribution in [0.25, 0.3) is 6.08 Å². The fourth-order valence-corrected chi connectivity index (χ4v) is 3.33. The lowest BCUT2D eigenvalue weighted by molar-refractivity contribution is -0.297. The molecule has 25 heavy (non-hydrogen) atoms. The van der Waals surface area contributed by atoms with E-state index in [9.17, 15) is 18.7 Å². The van der Waals surface area contributed by atoms with Gasteiger partial charge in [-0.25, -0.2) is 0 Å². The second-order valence-electron chi connectivity index (χ2n) is 6.75. The third-order valence-electron chi connectivity index (χ3n) is 4.83. The summed E-state index contributed by atoms with van der Waals surface area (Å²) in [5, 5.41) is 10.4. The van der Waals surface area contributed by atoms with Crippen LogP contribution in [0.15, 0.2) is 30.3 Å². The summed E-state index contributed by atoms with van der Waals surface area (Å²) in [4.78, 5) is 10.4. The van der Waals surface area contributed by atoms with E-state index >= 15 is 0 Å². The highest BCUT2D eigenvalue weighted by molar-refractivity contribution is 5.83. The maximum atomic E-state index is 14.4. The summed E-state index contributed by atoms with van der Waals surface area (Å²) in [6, 6.07) is 5.92. The molecule has 0 saturated heterocycles. The maximum absolute atomic E-state index is 14.4. The molecule has 0 heterocycles. The van der Waals surface area contributed by atoms with Crippen LogP contribution in [0.2, 0.25) is 0 Å². The molecule has 0 N–H and O–H groups in total. The molecule has 138 valence electrons. The van der Waals surface area contributed by atoms with Gasteiger partial charge in [0.2, 0.25) is 0 Å². The number of hydrogen-bond acceptors (Lipinski definition) is 3. The van der Waals surface area contributed by atoms with E-state index in [1.165, 1.54) is 36.8 Å². The van der Waals surface area contributed by atoms with Gasteiger partial charge in [-0.3, -0.25) is 0 Å². The number of carboxylic acid groups (broad SMARTS) is 1. The lowest BCUT2D eigenvalue weighted by atomic mass is 9.79. The number of rotatable bonds is 8. The summed E-state index contributed by atoms with van der Waals surface area (Å²) in [6.45, 7) is 2.15. The average molecular weight is 351 g/mol. The number of hydrogen-bond donors (Lipinski definition) is 0. The van der Waals surface area contributed by atoms with Gasteiger partial charge in [0.1, 0.15) is 5.75 Å². The van der Waals surface area contributed by atoms with Crippen LogP contribution in [-0.2, 0) is 4.79 Å². The van der Waals surface area contributed by atoms with E-state index in [-0.39, 0.29) is 5.75 Å². The molecule has 0 atom stereocenters. The molecule has 0 aliphatic heterocycles. The Morgan fingerprint density at radius 1 is 1.24 bits per heavy atom. The molecule has 0 radical (unpaired) electrons. The fraction of sp³-hybridized carbons (Fsp3) is 0.550. The number of alkyl halides is 2. The van der Waals surface area contributed by atoms with E-state index in [0.717, 1.165) is 31.8 Å². The zero-order chi connectivity index (χ0) is 18.3. The summed E-state index contributed by atoms with van der Waals surface area (Å²) < 4.78 is 33.8.